The van der Waals surface area contributed by atoms with Crippen LogP contribution in [0.5, 0.6) is 5.75 Å². The Morgan fingerprint density at radius 1 is 0.895 bits per heavy atom. The van der Waals surface area contributed by atoms with Crippen LogP contribution in [-0.4, -0.2) is 41.5 Å². The molecule has 0 aliphatic carbocycles. The van der Waals surface area contributed by atoms with E-state index in [9.17, 15) is 9.59 Å². The lowest BCUT2D eigenvalue weighted by Gasteiger charge is -2.39. The molecule has 38 heavy (non-hydrogen) atoms. The second kappa shape index (κ2) is 11.0. The number of methoxy groups -OCH3 is 1. The molecule has 1 atom stereocenters. The van der Waals surface area contributed by atoms with Crippen LogP contribution >= 0.6 is 0 Å². The zero-order chi connectivity index (χ0) is 26.6. The number of benzene rings is 3. The van der Waals surface area contributed by atoms with Gasteiger partial charge in [0.05, 0.1) is 29.7 Å². The Morgan fingerprint density at radius 2 is 1.61 bits per heavy atom. The van der Waals surface area contributed by atoms with Crippen LogP contribution in [0.4, 0.5) is 5.69 Å². The summed E-state index contributed by atoms with van der Waals surface area (Å²) in [5, 5.41) is 0. The summed E-state index contributed by atoms with van der Waals surface area (Å²) in [6.07, 6.45) is 3.75. The fourth-order valence-electron chi connectivity index (χ4n) is 5.16. The van der Waals surface area contributed by atoms with Crippen molar-refractivity contribution in [3.8, 4) is 11.4 Å². The summed E-state index contributed by atoms with van der Waals surface area (Å²) in [6, 6.07) is 27.2. The molecule has 1 unspecified atom stereocenters. The number of aryl methyl sites for hydroxylation is 1. The van der Waals surface area contributed by atoms with Gasteiger partial charge in [-0.2, -0.15) is 0 Å². The Labute approximate surface area is 224 Å². The number of para-hydroxylation sites is 3. The Balaban J connectivity index is 1.56. The van der Waals surface area contributed by atoms with Gasteiger partial charge in [-0.05, 0) is 55.3 Å². The number of aromatic nitrogens is 1. The molecule has 0 N–H and O–H groups in total. The maximum Gasteiger partial charge on any atom is 0.258 e. The predicted molar refractivity (Wildman–Crippen MR) is 150 cm³/mol. The summed E-state index contributed by atoms with van der Waals surface area (Å²) in [7, 11) is 1.56. The van der Waals surface area contributed by atoms with Crippen molar-refractivity contribution >= 4 is 17.5 Å². The molecule has 5 rings (SSSR count). The second-order valence-corrected chi connectivity index (χ2v) is 9.65. The molecule has 4 aromatic rings. The van der Waals surface area contributed by atoms with Gasteiger partial charge in [-0.25, -0.2) is 0 Å². The summed E-state index contributed by atoms with van der Waals surface area (Å²) in [5.74, 6) is 0.171. The average molecular weight is 508 g/mol. The number of carbonyl (C=O) groups is 2. The number of fused-ring (bicyclic) bond motifs is 3. The number of hydrogen-bond donors (Lipinski definition) is 0. The maximum absolute atomic E-state index is 14.3. The lowest BCUT2D eigenvalue weighted by Crippen LogP contribution is -2.47. The molecule has 6 heteroatoms. The van der Waals surface area contributed by atoms with E-state index in [0.29, 0.717) is 17.9 Å². The van der Waals surface area contributed by atoms with Gasteiger partial charge in [0.1, 0.15) is 18.3 Å². The van der Waals surface area contributed by atoms with Gasteiger partial charge in [0, 0.05) is 12.7 Å². The number of rotatable bonds is 8. The highest BCUT2D eigenvalue weighted by atomic mass is 16.5. The van der Waals surface area contributed by atoms with E-state index in [4.69, 9.17) is 4.74 Å². The number of anilines is 1. The third kappa shape index (κ3) is 4.70. The van der Waals surface area contributed by atoms with E-state index < -0.39 is 0 Å². The number of amides is 2. The van der Waals surface area contributed by atoms with Gasteiger partial charge in [-0.15, -0.1) is 0 Å². The van der Waals surface area contributed by atoms with Crippen LogP contribution in [0.2, 0.25) is 0 Å². The molecule has 2 amide bonds. The van der Waals surface area contributed by atoms with E-state index in [1.54, 1.807) is 24.1 Å². The lowest BCUT2D eigenvalue weighted by molar-refractivity contribution is -0.119. The largest absolute Gasteiger partial charge is 0.496 e. The van der Waals surface area contributed by atoms with Crippen LogP contribution in [0.1, 0.15) is 53.0 Å². The zero-order valence-electron chi connectivity index (χ0n) is 22.1. The molecule has 0 radical (unpaired) electrons. The maximum atomic E-state index is 14.3. The molecule has 1 aliphatic rings. The molecule has 1 aromatic heterocycles. The molecule has 194 valence electrons. The predicted octanol–water partition coefficient (Wildman–Crippen LogP) is 6.17. The normalized spacial score (nSPS) is 14.0. The van der Waals surface area contributed by atoms with Gasteiger partial charge in [0.25, 0.3) is 5.91 Å². The Morgan fingerprint density at radius 3 is 2.34 bits per heavy atom. The van der Waals surface area contributed by atoms with Crippen LogP contribution < -0.4 is 9.64 Å². The highest BCUT2D eigenvalue weighted by Gasteiger charge is 2.37. The van der Waals surface area contributed by atoms with Crippen molar-refractivity contribution in [2.45, 2.75) is 32.7 Å². The number of hydrogen-bond acceptors (Lipinski definition) is 3. The van der Waals surface area contributed by atoms with E-state index in [1.165, 1.54) is 0 Å². The van der Waals surface area contributed by atoms with Crippen molar-refractivity contribution in [1.82, 2.24) is 9.47 Å². The van der Waals surface area contributed by atoms with Gasteiger partial charge in [0.2, 0.25) is 5.91 Å². The first-order valence-corrected chi connectivity index (χ1v) is 13.1. The van der Waals surface area contributed by atoms with Crippen molar-refractivity contribution in [3.05, 3.63) is 114 Å². The first-order valence-electron chi connectivity index (χ1n) is 13.1. The van der Waals surface area contributed by atoms with Crippen LogP contribution in [0.25, 0.3) is 5.69 Å². The fraction of sp³-hybridized carbons (Fsp3) is 0.250. The van der Waals surface area contributed by atoms with E-state index in [1.807, 2.05) is 53.6 Å². The molecule has 0 spiro atoms. The summed E-state index contributed by atoms with van der Waals surface area (Å²) < 4.78 is 7.61. The standard InChI is InChI=1S/C32H33N3O3/c1-4-5-20-33(32(37)25-11-6-9-15-29(25)38-3)22-30(36)35-27-13-8-7-12-26(27)34-21-10-14-28(34)31(35)24-18-16-23(2)17-19-24/h6-19,21,31H,4-5,20,22H2,1-3H3. The van der Waals surface area contributed by atoms with Crippen LogP contribution in [0, 0.1) is 6.92 Å². The molecule has 0 fully saturated rings. The number of unbranched alkanes of at least 4 members (excludes halogenated alkanes) is 1. The van der Waals surface area contributed by atoms with Gasteiger partial charge >= 0.3 is 0 Å². The van der Waals surface area contributed by atoms with Gasteiger partial charge in [0.15, 0.2) is 0 Å². The molecule has 0 bridgehead atoms. The number of nitrogens with zero attached hydrogens (tertiary/aromatic N) is 3. The minimum atomic E-state index is -0.317. The Kier molecular flexibility index (Phi) is 7.31. The zero-order valence-corrected chi connectivity index (χ0v) is 22.1. The molecular weight excluding hydrogens is 474 g/mol. The highest BCUT2D eigenvalue weighted by molar-refractivity contribution is 6.03. The van der Waals surface area contributed by atoms with Gasteiger partial charge < -0.3 is 14.2 Å². The summed E-state index contributed by atoms with van der Waals surface area (Å²) in [5.41, 5.74) is 5.42. The SMILES string of the molecule is CCCCN(CC(=O)N1c2ccccc2-n2cccc2C1c1ccc(C)cc1)C(=O)c1ccccc1OC. The fourth-order valence-corrected chi connectivity index (χ4v) is 5.16. The third-order valence-electron chi connectivity index (χ3n) is 7.11. The summed E-state index contributed by atoms with van der Waals surface area (Å²) in [4.78, 5) is 31.5. The monoisotopic (exact) mass is 507 g/mol. The van der Waals surface area contributed by atoms with Crippen molar-refractivity contribution in [3.63, 3.8) is 0 Å². The van der Waals surface area contributed by atoms with Crippen LogP contribution in [-0.2, 0) is 4.79 Å². The summed E-state index contributed by atoms with van der Waals surface area (Å²) in [6.45, 7) is 4.59. The highest BCUT2D eigenvalue weighted by Crippen LogP contribution is 2.42. The molecule has 3 aromatic carbocycles. The first kappa shape index (κ1) is 25.3. The van der Waals surface area contributed by atoms with E-state index in [0.717, 1.165) is 41.0 Å². The smallest absolute Gasteiger partial charge is 0.258 e. The number of ether oxygens (including phenoxy) is 1. The number of carbonyl (C=O) groups excluding carboxylic acids is 2. The quantitative estimate of drug-likeness (QED) is 0.286. The van der Waals surface area contributed by atoms with Crippen LogP contribution in [0.15, 0.2) is 91.1 Å². The summed E-state index contributed by atoms with van der Waals surface area (Å²) >= 11 is 0. The van der Waals surface area contributed by atoms with Crippen molar-refractivity contribution < 1.29 is 14.3 Å². The second-order valence-electron chi connectivity index (χ2n) is 9.65. The van der Waals surface area contributed by atoms with Crippen LogP contribution in [0.3, 0.4) is 0 Å². The van der Waals surface area contributed by atoms with E-state index in [2.05, 4.69) is 48.7 Å². The topological polar surface area (TPSA) is 54.8 Å². The van der Waals surface area contributed by atoms with Crippen molar-refractivity contribution in [1.29, 1.82) is 0 Å². The lowest BCUT2D eigenvalue weighted by atomic mass is 9.97. The molecule has 0 saturated heterocycles. The van der Waals surface area contributed by atoms with Gasteiger partial charge in [-0.1, -0.05) is 67.4 Å². The first-order chi connectivity index (χ1) is 18.5. The molecular formula is C32H33N3O3. The van der Waals surface area contributed by atoms with E-state index in [-0.39, 0.29) is 24.4 Å². The molecule has 0 saturated carbocycles. The molecule has 2 heterocycles. The van der Waals surface area contributed by atoms with Crippen molar-refractivity contribution in [2.75, 3.05) is 25.1 Å². The Bertz CT molecular complexity index is 1440. The van der Waals surface area contributed by atoms with E-state index >= 15 is 0 Å². The minimum absolute atomic E-state index is 0.0334. The Hall–Kier alpha value is -4.32. The average Bonchev–Trinajstić information content (AvgIpc) is 3.44. The third-order valence-corrected chi connectivity index (χ3v) is 7.11. The van der Waals surface area contributed by atoms with Gasteiger partial charge in [-0.3, -0.25) is 14.5 Å². The molecule has 6 nitrogen and oxygen atoms in total. The molecule has 1 aliphatic heterocycles. The minimum Gasteiger partial charge on any atom is -0.496 e. The van der Waals surface area contributed by atoms with Crippen molar-refractivity contribution in [2.24, 2.45) is 0 Å².